The molecule has 9 nitrogen and oxygen atoms in total. The molecule has 0 saturated carbocycles. The van der Waals surface area contributed by atoms with Crippen molar-refractivity contribution in [1.29, 1.82) is 0 Å². The number of nitrogens with zero attached hydrogens (tertiary/aromatic N) is 2. The van der Waals surface area contributed by atoms with Gasteiger partial charge in [-0.15, -0.1) is 0 Å². The SMILES string of the molecule is C[C@H](N)CN(CC(=O)OC(C)(C)C)C[C@H](C)N(CC(=O)OC(C)(C)C)CC(=O)OC(C)(C)C. The molecule has 194 valence electrons. The third-order valence-corrected chi connectivity index (χ3v) is 3.97. The summed E-state index contributed by atoms with van der Waals surface area (Å²) in [5, 5.41) is 0. The van der Waals surface area contributed by atoms with E-state index in [9.17, 15) is 14.4 Å². The minimum Gasteiger partial charge on any atom is -0.459 e. The Balaban J connectivity index is 5.49. The maximum Gasteiger partial charge on any atom is 0.320 e. The first-order valence-electron chi connectivity index (χ1n) is 11.5. The second kappa shape index (κ2) is 12.7. The summed E-state index contributed by atoms with van der Waals surface area (Å²) in [4.78, 5) is 41.0. The third kappa shape index (κ3) is 17.4. The third-order valence-electron chi connectivity index (χ3n) is 3.97. The standard InChI is InChI=1S/C24H47N3O6/c1-17(25)12-26(14-19(28)31-22(3,4)5)13-18(2)27(15-20(29)32-23(6,7)8)16-21(30)33-24(9,10)11/h17-18H,12-16,25H2,1-11H3/t17-,18-/m0/s1. The van der Waals surface area contributed by atoms with Crippen molar-refractivity contribution in [1.82, 2.24) is 9.80 Å². The van der Waals surface area contributed by atoms with Gasteiger partial charge in [0.1, 0.15) is 16.8 Å². The van der Waals surface area contributed by atoms with Crippen molar-refractivity contribution < 1.29 is 28.6 Å². The van der Waals surface area contributed by atoms with Gasteiger partial charge in [0.15, 0.2) is 0 Å². The van der Waals surface area contributed by atoms with Crippen molar-refractivity contribution in [2.75, 3.05) is 32.7 Å². The van der Waals surface area contributed by atoms with Crippen LogP contribution in [0.25, 0.3) is 0 Å². The van der Waals surface area contributed by atoms with Crippen molar-refractivity contribution in [2.24, 2.45) is 5.73 Å². The van der Waals surface area contributed by atoms with Crippen molar-refractivity contribution in [3.8, 4) is 0 Å². The highest BCUT2D eigenvalue weighted by Crippen LogP contribution is 2.13. The highest BCUT2D eigenvalue weighted by molar-refractivity contribution is 5.75. The molecule has 0 aromatic carbocycles. The molecule has 0 aromatic rings. The maximum absolute atomic E-state index is 12.5. The van der Waals surface area contributed by atoms with Gasteiger partial charge in [-0.3, -0.25) is 24.2 Å². The molecule has 0 rings (SSSR count). The summed E-state index contributed by atoms with van der Waals surface area (Å²) in [5.41, 5.74) is 4.11. The van der Waals surface area contributed by atoms with Gasteiger partial charge in [-0.2, -0.15) is 0 Å². The van der Waals surface area contributed by atoms with Crippen LogP contribution >= 0.6 is 0 Å². The van der Waals surface area contributed by atoms with Crippen LogP contribution in [0.2, 0.25) is 0 Å². The van der Waals surface area contributed by atoms with Crippen LogP contribution in [0, 0.1) is 0 Å². The summed E-state index contributed by atoms with van der Waals surface area (Å²) >= 11 is 0. The van der Waals surface area contributed by atoms with E-state index < -0.39 is 28.7 Å². The summed E-state index contributed by atoms with van der Waals surface area (Å²) in [6.07, 6.45) is 0. The van der Waals surface area contributed by atoms with Gasteiger partial charge in [0.2, 0.25) is 0 Å². The molecule has 0 aromatic heterocycles. The van der Waals surface area contributed by atoms with Crippen molar-refractivity contribution >= 4 is 17.9 Å². The largest absolute Gasteiger partial charge is 0.459 e. The fraction of sp³-hybridized carbons (Fsp3) is 0.875. The van der Waals surface area contributed by atoms with Gasteiger partial charge in [-0.1, -0.05) is 0 Å². The van der Waals surface area contributed by atoms with Gasteiger partial charge >= 0.3 is 17.9 Å². The van der Waals surface area contributed by atoms with E-state index in [1.165, 1.54) is 0 Å². The molecule has 2 atom stereocenters. The van der Waals surface area contributed by atoms with Crippen molar-refractivity contribution in [2.45, 2.75) is 105 Å². The van der Waals surface area contributed by atoms with Gasteiger partial charge in [0.05, 0.1) is 19.6 Å². The monoisotopic (exact) mass is 473 g/mol. The topological polar surface area (TPSA) is 111 Å². The molecule has 0 spiro atoms. The molecule has 0 radical (unpaired) electrons. The number of nitrogens with two attached hydrogens (primary N) is 1. The van der Waals surface area contributed by atoms with Gasteiger partial charge < -0.3 is 19.9 Å². The van der Waals surface area contributed by atoms with Crippen molar-refractivity contribution in [3.63, 3.8) is 0 Å². The molecule has 0 bridgehead atoms. The van der Waals surface area contributed by atoms with E-state index in [1.54, 1.807) is 46.4 Å². The van der Waals surface area contributed by atoms with Crippen LogP contribution in [0.3, 0.4) is 0 Å². The summed E-state index contributed by atoms with van der Waals surface area (Å²) in [6, 6.07) is -0.448. The Bertz CT molecular complexity index is 614. The Hall–Kier alpha value is -1.71. The van der Waals surface area contributed by atoms with E-state index in [0.29, 0.717) is 13.1 Å². The van der Waals surface area contributed by atoms with Crippen LogP contribution in [0.1, 0.15) is 76.2 Å². The van der Waals surface area contributed by atoms with E-state index in [1.807, 2.05) is 39.5 Å². The van der Waals surface area contributed by atoms with Crippen LogP contribution in [-0.2, 0) is 28.6 Å². The van der Waals surface area contributed by atoms with Gasteiger partial charge in [0, 0.05) is 25.2 Å². The first-order chi connectivity index (χ1) is 14.7. The quantitative estimate of drug-likeness (QED) is 0.357. The maximum atomic E-state index is 12.5. The van der Waals surface area contributed by atoms with Crippen LogP contribution in [0.15, 0.2) is 0 Å². The number of hydrogen-bond donors (Lipinski definition) is 1. The lowest BCUT2D eigenvalue weighted by Crippen LogP contribution is -2.51. The molecule has 9 heteroatoms. The molecule has 2 N–H and O–H groups in total. The highest BCUT2D eigenvalue weighted by Gasteiger charge is 2.28. The predicted molar refractivity (Wildman–Crippen MR) is 129 cm³/mol. The Kier molecular flexibility index (Phi) is 12.0. The molecule has 0 heterocycles. The first-order valence-corrected chi connectivity index (χ1v) is 11.5. The number of carbonyl (C=O) groups is 3. The van der Waals surface area contributed by atoms with E-state index in [0.717, 1.165) is 0 Å². The fourth-order valence-corrected chi connectivity index (χ4v) is 3.10. The molecular formula is C24H47N3O6. The van der Waals surface area contributed by atoms with E-state index in [2.05, 4.69) is 0 Å². The van der Waals surface area contributed by atoms with Gasteiger partial charge in [0.25, 0.3) is 0 Å². The zero-order chi connectivity index (χ0) is 26.2. The number of esters is 3. The Morgan fingerprint density at radius 2 is 1.00 bits per heavy atom. The second-order valence-corrected chi connectivity index (χ2v) is 11.7. The van der Waals surface area contributed by atoms with E-state index in [-0.39, 0.29) is 37.7 Å². The molecule has 33 heavy (non-hydrogen) atoms. The Labute approximate surface area is 200 Å². The Morgan fingerprint density at radius 1 is 0.667 bits per heavy atom. The molecule has 0 amide bonds. The number of carbonyl (C=O) groups excluding carboxylic acids is 3. The minimum absolute atomic E-state index is 0.0515. The molecule has 0 saturated heterocycles. The molecule has 0 fully saturated rings. The molecule has 0 unspecified atom stereocenters. The molecule has 0 aliphatic heterocycles. The fourth-order valence-electron chi connectivity index (χ4n) is 3.10. The van der Waals surface area contributed by atoms with Crippen LogP contribution in [0.4, 0.5) is 0 Å². The average Bonchev–Trinajstić information content (AvgIpc) is 2.47. The zero-order valence-electron chi connectivity index (χ0n) is 22.6. The molecule has 0 aliphatic carbocycles. The smallest absolute Gasteiger partial charge is 0.320 e. The lowest BCUT2D eigenvalue weighted by atomic mass is 10.2. The van der Waals surface area contributed by atoms with Gasteiger partial charge in [-0.05, 0) is 76.2 Å². The zero-order valence-corrected chi connectivity index (χ0v) is 22.6. The summed E-state index contributed by atoms with van der Waals surface area (Å²) in [6.45, 7) is 20.6. The lowest BCUT2D eigenvalue weighted by Gasteiger charge is -2.34. The summed E-state index contributed by atoms with van der Waals surface area (Å²) in [7, 11) is 0. The summed E-state index contributed by atoms with van der Waals surface area (Å²) in [5.74, 6) is -1.24. The van der Waals surface area contributed by atoms with E-state index >= 15 is 0 Å². The molecule has 0 aliphatic rings. The van der Waals surface area contributed by atoms with E-state index in [4.69, 9.17) is 19.9 Å². The Morgan fingerprint density at radius 3 is 1.30 bits per heavy atom. The van der Waals surface area contributed by atoms with Gasteiger partial charge in [-0.25, -0.2) is 0 Å². The average molecular weight is 474 g/mol. The predicted octanol–water partition coefficient (Wildman–Crippen LogP) is 2.35. The molecular weight excluding hydrogens is 426 g/mol. The number of hydrogen-bond acceptors (Lipinski definition) is 9. The number of ether oxygens (including phenoxy) is 3. The van der Waals surface area contributed by atoms with Crippen LogP contribution in [0.5, 0.6) is 0 Å². The normalized spacial score (nSPS) is 14.7. The summed E-state index contributed by atoms with van der Waals surface area (Å²) < 4.78 is 16.3. The lowest BCUT2D eigenvalue weighted by molar-refractivity contribution is -0.162. The van der Waals surface area contributed by atoms with Crippen molar-refractivity contribution in [3.05, 3.63) is 0 Å². The number of rotatable bonds is 11. The minimum atomic E-state index is -0.643. The first kappa shape index (κ1) is 31.3. The second-order valence-electron chi connectivity index (χ2n) is 11.7. The van der Waals surface area contributed by atoms with Crippen LogP contribution in [-0.4, -0.2) is 89.3 Å². The van der Waals surface area contributed by atoms with Crippen LogP contribution < -0.4 is 5.73 Å². The highest BCUT2D eigenvalue weighted by atomic mass is 16.6.